The quantitative estimate of drug-likeness (QED) is 0.624. The predicted octanol–water partition coefficient (Wildman–Crippen LogP) is 4.49. The summed E-state index contributed by atoms with van der Waals surface area (Å²) in [7, 11) is 3.10. The number of aromatic hydroxyl groups is 1. The minimum Gasteiger partial charge on any atom is -0.507 e. The zero-order valence-electron chi connectivity index (χ0n) is 15.8. The zero-order chi connectivity index (χ0) is 19.6. The van der Waals surface area contributed by atoms with Crippen molar-refractivity contribution in [1.29, 1.82) is 0 Å². The maximum absolute atomic E-state index is 12.6. The van der Waals surface area contributed by atoms with Gasteiger partial charge in [-0.1, -0.05) is 18.2 Å². The molecule has 1 aliphatic heterocycles. The zero-order valence-corrected chi connectivity index (χ0v) is 15.8. The van der Waals surface area contributed by atoms with E-state index < -0.39 is 5.60 Å². The van der Waals surface area contributed by atoms with E-state index in [0.29, 0.717) is 22.8 Å². The number of hydrogen-bond donors (Lipinski definition) is 1. The third-order valence-electron chi connectivity index (χ3n) is 4.28. The van der Waals surface area contributed by atoms with Gasteiger partial charge in [0, 0.05) is 17.2 Å². The number of para-hydroxylation sites is 1. The molecule has 27 heavy (non-hydrogen) atoms. The van der Waals surface area contributed by atoms with Crippen molar-refractivity contribution < 1.29 is 24.1 Å². The number of allylic oxidation sites excluding steroid dienone is 1. The Bertz CT molecular complexity index is 938. The fourth-order valence-corrected chi connectivity index (χ4v) is 2.91. The average Bonchev–Trinajstić information content (AvgIpc) is 2.64. The number of ketones is 1. The van der Waals surface area contributed by atoms with Gasteiger partial charge in [-0.05, 0) is 44.2 Å². The summed E-state index contributed by atoms with van der Waals surface area (Å²) >= 11 is 0. The molecule has 0 fully saturated rings. The number of benzene rings is 2. The molecule has 0 bridgehead atoms. The van der Waals surface area contributed by atoms with Crippen molar-refractivity contribution in [2.75, 3.05) is 14.2 Å². The summed E-state index contributed by atoms with van der Waals surface area (Å²) in [6, 6.07) is 8.52. The number of fused-ring (bicyclic) bond motifs is 1. The Hall–Kier alpha value is -3.21. The lowest BCUT2D eigenvalue weighted by atomic mass is 9.98. The molecule has 5 nitrogen and oxygen atoms in total. The number of hydrogen-bond acceptors (Lipinski definition) is 5. The van der Waals surface area contributed by atoms with E-state index in [9.17, 15) is 9.90 Å². The SMILES string of the molecule is COc1cccc(/C=C/C(=O)c2cc3c(cc2O)OC(C)(C)C=C3)c1OC. The molecule has 1 aliphatic rings. The second-order valence-corrected chi connectivity index (χ2v) is 6.73. The molecule has 0 atom stereocenters. The molecule has 0 saturated carbocycles. The lowest BCUT2D eigenvalue weighted by molar-refractivity contribution is 0.104. The van der Waals surface area contributed by atoms with Gasteiger partial charge in [0.05, 0.1) is 19.8 Å². The van der Waals surface area contributed by atoms with Gasteiger partial charge in [0.15, 0.2) is 17.3 Å². The van der Waals surface area contributed by atoms with Crippen LogP contribution in [0.1, 0.15) is 35.3 Å². The lowest BCUT2D eigenvalue weighted by Crippen LogP contribution is -2.27. The number of rotatable bonds is 5. The van der Waals surface area contributed by atoms with Crippen molar-refractivity contribution >= 4 is 17.9 Å². The summed E-state index contributed by atoms with van der Waals surface area (Å²) in [5.74, 6) is 1.23. The Morgan fingerprint density at radius 1 is 1.19 bits per heavy atom. The Morgan fingerprint density at radius 3 is 2.67 bits per heavy atom. The third kappa shape index (κ3) is 3.82. The summed E-state index contributed by atoms with van der Waals surface area (Å²) in [6.45, 7) is 3.85. The molecular weight excluding hydrogens is 344 g/mol. The minimum absolute atomic E-state index is 0.118. The van der Waals surface area contributed by atoms with Crippen molar-refractivity contribution in [3.8, 4) is 23.0 Å². The van der Waals surface area contributed by atoms with Crippen LogP contribution in [0.5, 0.6) is 23.0 Å². The van der Waals surface area contributed by atoms with Crippen molar-refractivity contribution in [3.63, 3.8) is 0 Å². The first kappa shape index (κ1) is 18.6. The molecule has 0 amide bonds. The van der Waals surface area contributed by atoms with Crippen molar-refractivity contribution in [1.82, 2.24) is 0 Å². The molecule has 0 unspecified atom stereocenters. The van der Waals surface area contributed by atoms with Gasteiger partial charge in [-0.3, -0.25) is 4.79 Å². The van der Waals surface area contributed by atoms with E-state index in [-0.39, 0.29) is 17.1 Å². The van der Waals surface area contributed by atoms with Crippen LogP contribution in [0, 0.1) is 0 Å². The van der Waals surface area contributed by atoms with E-state index in [0.717, 1.165) is 5.56 Å². The fraction of sp³-hybridized carbons (Fsp3) is 0.227. The van der Waals surface area contributed by atoms with Gasteiger partial charge in [0.1, 0.15) is 17.1 Å². The molecule has 5 heteroatoms. The van der Waals surface area contributed by atoms with Crippen LogP contribution in [0.25, 0.3) is 12.2 Å². The van der Waals surface area contributed by atoms with E-state index in [1.54, 1.807) is 32.4 Å². The van der Waals surface area contributed by atoms with Gasteiger partial charge in [-0.15, -0.1) is 0 Å². The van der Waals surface area contributed by atoms with Crippen LogP contribution < -0.4 is 14.2 Å². The number of methoxy groups -OCH3 is 2. The molecule has 0 aliphatic carbocycles. The monoisotopic (exact) mass is 366 g/mol. The van der Waals surface area contributed by atoms with E-state index >= 15 is 0 Å². The molecule has 1 N–H and O–H groups in total. The number of carbonyl (C=O) groups excluding carboxylic acids is 1. The van der Waals surface area contributed by atoms with Gasteiger partial charge >= 0.3 is 0 Å². The molecule has 0 radical (unpaired) electrons. The van der Waals surface area contributed by atoms with Crippen LogP contribution in [0.2, 0.25) is 0 Å². The number of ether oxygens (including phenoxy) is 3. The summed E-state index contributed by atoms with van der Waals surface area (Å²) in [6.07, 6.45) is 6.84. The van der Waals surface area contributed by atoms with Crippen molar-refractivity contribution in [2.45, 2.75) is 19.4 Å². The van der Waals surface area contributed by atoms with Crippen molar-refractivity contribution in [2.24, 2.45) is 0 Å². The van der Waals surface area contributed by atoms with Gasteiger partial charge in [0.2, 0.25) is 0 Å². The highest BCUT2D eigenvalue weighted by Crippen LogP contribution is 2.36. The second-order valence-electron chi connectivity index (χ2n) is 6.73. The molecular formula is C22H22O5. The highest BCUT2D eigenvalue weighted by atomic mass is 16.5. The molecule has 3 rings (SSSR count). The Balaban J connectivity index is 1.91. The maximum Gasteiger partial charge on any atom is 0.189 e. The van der Waals surface area contributed by atoms with Crippen molar-refractivity contribution in [3.05, 3.63) is 59.2 Å². The number of phenols is 1. The van der Waals surface area contributed by atoms with Gasteiger partial charge < -0.3 is 19.3 Å². The molecule has 2 aromatic rings. The van der Waals surface area contributed by atoms with E-state index in [1.807, 2.05) is 38.1 Å². The summed E-state index contributed by atoms with van der Waals surface area (Å²) in [5, 5.41) is 10.3. The summed E-state index contributed by atoms with van der Waals surface area (Å²) in [5.41, 5.74) is 1.21. The highest BCUT2D eigenvalue weighted by molar-refractivity contribution is 6.09. The smallest absolute Gasteiger partial charge is 0.189 e. The Labute approximate surface area is 158 Å². The summed E-state index contributed by atoms with van der Waals surface area (Å²) in [4.78, 5) is 12.6. The van der Waals surface area contributed by atoms with Crippen LogP contribution >= 0.6 is 0 Å². The topological polar surface area (TPSA) is 65.0 Å². The van der Waals surface area contributed by atoms with E-state index in [2.05, 4.69) is 0 Å². The maximum atomic E-state index is 12.6. The molecule has 0 saturated heterocycles. The minimum atomic E-state index is -0.451. The molecule has 0 spiro atoms. The fourth-order valence-electron chi connectivity index (χ4n) is 2.91. The van der Waals surface area contributed by atoms with E-state index in [1.165, 1.54) is 12.1 Å². The molecule has 1 heterocycles. The van der Waals surface area contributed by atoms with Gasteiger partial charge in [-0.25, -0.2) is 0 Å². The first-order valence-corrected chi connectivity index (χ1v) is 8.53. The van der Waals surface area contributed by atoms with Crippen LogP contribution in [-0.4, -0.2) is 30.7 Å². The molecule has 2 aromatic carbocycles. The first-order chi connectivity index (χ1) is 12.8. The standard InChI is InChI=1S/C22H22O5/c1-22(2)11-10-15-12-16(18(24)13-20(15)27-22)17(23)9-8-14-6-5-7-19(25-3)21(14)26-4/h5-13,24H,1-4H3/b9-8+. The number of carbonyl (C=O) groups is 1. The first-order valence-electron chi connectivity index (χ1n) is 8.53. The second kappa shape index (κ2) is 7.19. The normalized spacial score (nSPS) is 14.5. The number of phenolic OH excluding ortho intramolecular Hbond substituents is 1. The van der Waals surface area contributed by atoms with Crippen LogP contribution in [0.4, 0.5) is 0 Å². The largest absolute Gasteiger partial charge is 0.507 e. The van der Waals surface area contributed by atoms with Gasteiger partial charge in [-0.2, -0.15) is 0 Å². The Kier molecular flexibility index (Phi) is 4.95. The van der Waals surface area contributed by atoms with Crippen LogP contribution in [-0.2, 0) is 0 Å². The van der Waals surface area contributed by atoms with Crippen LogP contribution in [0.3, 0.4) is 0 Å². The molecule has 140 valence electrons. The lowest BCUT2D eigenvalue weighted by Gasteiger charge is -2.28. The summed E-state index contributed by atoms with van der Waals surface area (Å²) < 4.78 is 16.4. The third-order valence-corrected chi connectivity index (χ3v) is 4.28. The highest BCUT2D eigenvalue weighted by Gasteiger charge is 2.24. The average molecular weight is 366 g/mol. The van der Waals surface area contributed by atoms with E-state index in [4.69, 9.17) is 14.2 Å². The van der Waals surface area contributed by atoms with Gasteiger partial charge in [0.25, 0.3) is 0 Å². The molecule has 0 aromatic heterocycles. The predicted molar refractivity (Wildman–Crippen MR) is 105 cm³/mol. The van der Waals surface area contributed by atoms with Crippen LogP contribution in [0.15, 0.2) is 42.5 Å². The Morgan fingerprint density at radius 2 is 1.96 bits per heavy atom.